The third kappa shape index (κ3) is 3.93. The first-order valence-corrected chi connectivity index (χ1v) is 7.43. The van der Waals surface area contributed by atoms with Crippen molar-refractivity contribution in [1.82, 2.24) is 9.88 Å². The van der Waals surface area contributed by atoms with Crippen molar-refractivity contribution >= 4 is 28.3 Å². The number of nitrogens with zero attached hydrogens (tertiary/aromatic N) is 2. The molecule has 0 bridgehead atoms. The molecular weight excluding hydrogens is 288 g/mol. The highest BCUT2D eigenvalue weighted by molar-refractivity contribution is 6.34. The first-order chi connectivity index (χ1) is 10.1. The quantitative estimate of drug-likeness (QED) is 0.659. The Morgan fingerprint density at radius 3 is 2.81 bits per heavy atom. The molecule has 0 atom stereocenters. The van der Waals surface area contributed by atoms with Gasteiger partial charge in [-0.3, -0.25) is 4.79 Å². The summed E-state index contributed by atoms with van der Waals surface area (Å²) in [5, 5.41) is 10.9. The van der Waals surface area contributed by atoms with Crippen molar-refractivity contribution < 1.29 is 9.90 Å². The number of aliphatic hydroxyl groups is 1. The average Bonchev–Trinajstić information content (AvgIpc) is 2.50. The number of rotatable bonds is 6. The van der Waals surface area contributed by atoms with Crippen LogP contribution in [0.1, 0.15) is 29.8 Å². The van der Waals surface area contributed by atoms with Gasteiger partial charge in [-0.15, -0.1) is 0 Å². The maximum absolute atomic E-state index is 12.4. The molecule has 0 aliphatic rings. The van der Waals surface area contributed by atoms with Crippen LogP contribution in [0.2, 0.25) is 5.15 Å². The summed E-state index contributed by atoms with van der Waals surface area (Å²) >= 11 is 6.15. The fraction of sp³-hybridized carbons (Fsp3) is 0.375. The largest absolute Gasteiger partial charge is 0.396 e. The first-order valence-electron chi connectivity index (χ1n) is 7.05. The van der Waals surface area contributed by atoms with Gasteiger partial charge in [-0.1, -0.05) is 35.9 Å². The van der Waals surface area contributed by atoms with Crippen LogP contribution >= 0.6 is 11.6 Å². The highest BCUT2D eigenvalue weighted by atomic mass is 35.5. The number of fused-ring (bicyclic) bond motifs is 1. The molecule has 5 heteroatoms. The van der Waals surface area contributed by atoms with E-state index in [-0.39, 0.29) is 12.5 Å². The predicted molar refractivity (Wildman–Crippen MR) is 84.7 cm³/mol. The lowest BCUT2D eigenvalue weighted by molar-refractivity contribution is 0.0786. The standard InChI is InChI=1S/C16H19ClN2O2/c1-19(9-5-2-6-10-20)16(21)14-11-12-7-3-4-8-13(12)15(17)18-14/h3-4,7-8,11,20H,2,5-6,9-10H2,1H3. The van der Waals surface area contributed by atoms with Crippen LogP contribution in [0.25, 0.3) is 10.8 Å². The van der Waals surface area contributed by atoms with Gasteiger partial charge in [0.2, 0.25) is 0 Å². The molecule has 0 unspecified atom stereocenters. The molecular formula is C16H19ClN2O2. The predicted octanol–water partition coefficient (Wildman–Crippen LogP) is 3.12. The van der Waals surface area contributed by atoms with Crippen LogP contribution in [0.3, 0.4) is 0 Å². The molecule has 1 heterocycles. The number of carbonyl (C=O) groups is 1. The van der Waals surface area contributed by atoms with E-state index >= 15 is 0 Å². The fourth-order valence-electron chi connectivity index (χ4n) is 2.20. The first kappa shape index (κ1) is 15.7. The Labute approximate surface area is 129 Å². The van der Waals surface area contributed by atoms with Crippen LogP contribution in [0, 0.1) is 0 Å². The van der Waals surface area contributed by atoms with E-state index in [1.54, 1.807) is 18.0 Å². The molecule has 0 spiro atoms. The highest BCUT2D eigenvalue weighted by Gasteiger charge is 2.15. The van der Waals surface area contributed by atoms with Crippen molar-refractivity contribution in [3.8, 4) is 0 Å². The van der Waals surface area contributed by atoms with Gasteiger partial charge in [-0.25, -0.2) is 4.98 Å². The molecule has 0 aliphatic heterocycles. The molecule has 112 valence electrons. The van der Waals surface area contributed by atoms with Gasteiger partial charge >= 0.3 is 0 Å². The fourth-order valence-corrected chi connectivity index (χ4v) is 2.46. The third-order valence-electron chi connectivity index (χ3n) is 3.41. The van der Waals surface area contributed by atoms with E-state index in [2.05, 4.69) is 4.98 Å². The minimum atomic E-state index is -0.133. The number of carbonyl (C=O) groups excluding carboxylic acids is 1. The van der Waals surface area contributed by atoms with Crippen molar-refractivity contribution in [3.63, 3.8) is 0 Å². The van der Waals surface area contributed by atoms with Crippen molar-refractivity contribution in [3.05, 3.63) is 41.2 Å². The van der Waals surface area contributed by atoms with Crippen LogP contribution in [-0.4, -0.2) is 41.1 Å². The van der Waals surface area contributed by atoms with E-state index in [1.165, 1.54) is 0 Å². The number of amides is 1. The van der Waals surface area contributed by atoms with Crippen LogP contribution in [0.5, 0.6) is 0 Å². The lowest BCUT2D eigenvalue weighted by atomic mass is 10.1. The highest BCUT2D eigenvalue weighted by Crippen LogP contribution is 2.22. The van der Waals surface area contributed by atoms with E-state index in [0.717, 1.165) is 30.0 Å². The van der Waals surface area contributed by atoms with Crippen LogP contribution in [0.15, 0.2) is 30.3 Å². The van der Waals surface area contributed by atoms with Gasteiger partial charge in [0.1, 0.15) is 10.8 Å². The summed E-state index contributed by atoms with van der Waals surface area (Å²) in [5.41, 5.74) is 0.364. The van der Waals surface area contributed by atoms with Crippen molar-refractivity contribution in [1.29, 1.82) is 0 Å². The molecule has 0 fully saturated rings. The monoisotopic (exact) mass is 306 g/mol. The summed E-state index contributed by atoms with van der Waals surface area (Å²) in [4.78, 5) is 18.2. The zero-order valence-corrected chi connectivity index (χ0v) is 12.8. The van der Waals surface area contributed by atoms with E-state index in [1.807, 2.05) is 24.3 Å². The smallest absolute Gasteiger partial charge is 0.272 e. The molecule has 1 N–H and O–H groups in total. The lowest BCUT2D eigenvalue weighted by Crippen LogP contribution is -2.28. The second-order valence-electron chi connectivity index (χ2n) is 5.03. The van der Waals surface area contributed by atoms with Crippen LogP contribution in [-0.2, 0) is 0 Å². The Hall–Kier alpha value is -1.65. The molecule has 1 aromatic heterocycles. The Morgan fingerprint density at radius 2 is 2.05 bits per heavy atom. The molecule has 0 saturated heterocycles. The Bertz CT molecular complexity index is 631. The van der Waals surface area contributed by atoms with Crippen molar-refractivity contribution in [2.75, 3.05) is 20.2 Å². The van der Waals surface area contributed by atoms with Gasteiger partial charge in [0, 0.05) is 25.6 Å². The molecule has 0 saturated carbocycles. The summed E-state index contributed by atoms with van der Waals surface area (Å²) in [7, 11) is 1.76. The Morgan fingerprint density at radius 1 is 1.29 bits per heavy atom. The number of halogens is 1. The topological polar surface area (TPSA) is 53.4 Å². The number of unbranched alkanes of at least 4 members (excludes halogenated alkanes) is 2. The zero-order chi connectivity index (χ0) is 15.2. The maximum Gasteiger partial charge on any atom is 0.272 e. The molecule has 21 heavy (non-hydrogen) atoms. The summed E-state index contributed by atoms with van der Waals surface area (Å²) in [5.74, 6) is -0.133. The molecule has 1 aromatic carbocycles. The molecule has 4 nitrogen and oxygen atoms in total. The second-order valence-corrected chi connectivity index (χ2v) is 5.39. The number of hydrogen-bond donors (Lipinski definition) is 1. The van der Waals surface area contributed by atoms with Crippen molar-refractivity contribution in [2.24, 2.45) is 0 Å². The number of pyridine rings is 1. The number of benzene rings is 1. The summed E-state index contributed by atoms with van der Waals surface area (Å²) in [6.07, 6.45) is 2.53. The average molecular weight is 307 g/mol. The maximum atomic E-state index is 12.4. The molecule has 0 aliphatic carbocycles. The Balaban J connectivity index is 2.12. The normalized spacial score (nSPS) is 10.8. The van der Waals surface area contributed by atoms with Gasteiger partial charge in [0.05, 0.1) is 0 Å². The summed E-state index contributed by atoms with van der Waals surface area (Å²) in [6, 6.07) is 9.38. The van der Waals surface area contributed by atoms with Crippen LogP contribution in [0.4, 0.5) is 0 Å². The Kier molecular flexibility index (Phi) is 5.53. The van der Waals surface area contributed by atoms with Crippen LogP contribution < -0.4 is 0 Å². The third-order valence-corrected chi connectivity index (χ3v) is 3.70. The van der Waals surface area contributed by atoms with E-state index in [0.29, 0.717) is 17.4 Å². The van der Waals surface area contributed by atoms with Gasteiger partial charge in [0.15, 0.2) is 0 Å². The number of aromatic nitrogens is 1. The van der Waals surface area contributed by atoms with E-state index in [9.17, 15) is 4.79 Å². The van der Waals surface area contributed by atoms with E-state index < -0.39 is 0 Å². The second kappa shape index (κ2) is 7.38. The zero-order valence-electron chi connectivity index (χ0n) is 12.1. The molecule has 2 rings (SSSR count). The van der Waals surface area contributed by atoms with E-state index in [4.69, 9.17) is 16.7 Å². The SMILES string of the molecule is CN(CCCCCO)C(=O)c1cc2ccccc2c(Cl)n1. The number of aliphatic hydroxyl groups excluding tert-OH is 1. The number of hydrogen-bond acceptors (Lipinski definition) is 3. The summed E-state index contributed by atoms with van der Waals surface area (Å²) < 4.78 is 0. The molecule has 0 radical (unpaired) electrons. The summed E-state index contributed by atoms with van der Waals surface area (Å²) in [6.45, 7) is 0.838. The minimum Gasteiger partial charge on any atom is -0.396 e. The van der Waals surface area contributed by atoms with Gasteiger partial charge in [-0.05, 0) is 30.7 Å². The van der Waals surface area contributed by atoms with Gasteiger partial charge in [0.25, 0.3) is 5.91 Å². The van der Waals surface area contributed by atoms with Crippen molar-refractivity contribution in [2.45, 2.75) is 19.3 Å². The minimum absolute atomic E-state index is 0.133. The molecule has 1 amide bonds. The van der Waals surface area contributed by atoms with Gasteiger partial charge < -0.3 is 10.0 Å². The lowest BCUT2D eigenvalue weighted by Gasteiger charge is -2.17. The molecule has 2 aromatic rings. The van der Waals surface area contributed by atoms with Gasteiger partial charge in [-0.2, -0.15) is 0 Å².